The molecule has 122 valence electrons. The largest absolute Gasteiger partial charge is 0.354 e. The number of rotatable bonds is 6. The number of benzene rings is 1. The highest BCUT2D eigenvalue weighted by Crippen LogP contribution is 2.01. The van der Waals surface area contributed by atoms with E-state index in [0.717, 1.165) is 6.42 Å². The molecule has 0 saturated heterocycles. The van der Waals surface area contributed by atoms with Crippen LogP contribution >= 0.6 is 0 Å². The number of nitrogens with zero attached hydrogens (tertiary/aromatic N) is 4. The van der Waals surface area contributed by atoms with Gasteiger partial charge >= 0.3 is 6.03 Å². The molecule has 1 aromatic carbocycles. The average Bonchev–Trinajstić information content (AvgIpc) is 2.95. The Labute approximate surface area is 134 Å². The van der Waals surface area contributed by atoms with Crippen LogP contribution in [0, 0.1) is 0 Å². The summed E-state index contributed by atoms with van der Waals surface area (Å²) in [6.45, 7) is 0.612. The van der Waals surface area contributed by atoms with Gasteiger partial charge in [0, 0.05) is 20.6 Å². The van der Waals surface area contributed by atoms with E-state index in [1.807, 2.05) is 30.3 Å². The molecular weight excluding hydrogens is 296 g/mol. The maximum absolute atomic E-state index is 11.8. The maximum Gasteiger partial charge on any atom is 0.322 e. The second kappa shape index (κ2) is 7.92. The minimum atomic E-state index is -0.302. The fourth-order valence-corrected chi connectivity index (χ4v) is 1.85. The van der Waals surface area contributed by atoms with Crippen LogP contribution in [0.2, 0.25) is 0 Å². The summed E-state index contributed by atoms with van der Waals surface area (Å²) in [6, 6.07) is 9.63. The molecule has 0 saturated carbocycles. The van der Waals surface area contributed by atoms with Crippen molar-refractivity contribution in [2.24, 2.45) is 0 Å². The van der Waals surface area contributed by atoms with Gasteiger partial charge in [0.25, 0.3) is 0 Å². The van der Waals surface area contributed by atoms with Crippen molar-refractivity contribution >= 4 is 17.8 Å². The molecule has 0 aliphatic rings. The van der Waals surface area contributed by atoms with Crippen molar-refractivity contribution in [3.8, 4) is 0 Å². The Morgan fingerprint density at radius 3 is 2.65 bits per heavy atom. The summed E-state index contributed by atoms with van der Waals surface area (Å²) < 4.78 is 1.38. The van der Waals surface area contributed by atoms with Gasteiger partial charge in [-0.05, 0) is 12.0 Å². The predicted octanol–water partition coefficient (Wildman–Crippen LogP) is 0.730. The van der Waals surface area contributed by atoms with Gasteiger partial charge in [0.1, 0.15) is 6.54 Å². The van der Waals surface area contributed by atoms with E-state index in [9.17, 15) is 9.59 Å². The Morgan fingerprint density at radius 2 is 1.96 bits per heavy atom. The van der Waals surface area contributed by atoms with Crippen LogP contribution in [0.15, 0.2) is 36.5 Å². The Balaban J connectivity index is 1.75. The van der Waals surface area contributed by atoms with E-state index in [0.29, 0.717) is 12.4 Å². The number of urea groups is 1. The van der Waals surface area contributed by atoms with E-state index in [2.05, 4.69) is 20.9 Å². The first kappa shape index (κ1) is 16.5. The number of carbonyl (C=O) groups excluding carboxylic acids is 2. The van der Waals surface area contributed by atoms with Gasteiger partial charge in [-0.2, -0.15) is 0 Å². The lowest BCUT2D eigenvalue weighted by molar-refractivity contribution is -0.121. The van der Waals surface area contributed by atoms with Crippen molar-refractivity contribution in [1.82, 2.24) is 25.2 Å². The lowest BCUT2D eigenvalue weighted by atomic mass is 10.1. The quantitative estimate of drug-likeness (QED) is 0.822. The van der Waals surface area contributed by atoms with Gasteiger partial charge in [-0.1, -0.05) is 35.5 Å². The number of nitrogens with one attached hydrogen (secondary N) is 2. The first-order chi connectivity index (χ1) is 11.0. The van der Waals surface area contributed by atoms with E-state index in [1.165, 1.54) is 21.3 Å². The molecule has 0 aliphatic heterocycles. The van der Waals surface area contributed by atoms with E-state index in [1.54, 1.807) is 14.1 Å². The highest BCUT2D eigenvalue weighted by atomic mass is 16.2. The van der Waals surface area contributed by atoms with Crippen molar-refractivity contribution in [3.63, 3.8) is 0 Å². The van der Waals surface area contributed by atoms with Crippen LogP contribution in [-0.4, -0.2) is 52.5 Å². The lowest BCUT2D eigenvalue weighted by Crippen LogP contribution is -2.29. The topological polar surface area (TPSA) is 92.2 Å². The molecule has 2 aromatic rings. The number of anilines is 1. The van der Waals surface area contributed by atoms with Crippen molar-refractivity contribution in [3.05, 3.63) is 42.1 Å². The van der Waals surface area contributed by atoms with Crippen LogP contribution < -0.4 is 10.6 Å². The number of amides is 3. The molecule has 1 heterocycles. The van der Waals surface area contributed by atoms with E-state index in [-0.39, 0.29) is 18.5 Å². The third kappa shape index (κ3) is 5.42. The molecule has 2 rings (SSSR count). The summed E-state index contributed by atoms with van der Waals surface area (Å²) in [6.07, 6.45) is 2.28. The second-order valence-corrected chi connectivity index (χ2v) is 5.21. The minimum Gasteiger partial charge on any atom is -0.354 e. The molecule has 0 unspecified atom stereocenters. The molecule has 23 heavy (non-hydrogen) atoms. The zero-order chi connectivity index (χ0) is 16.7. The molecule has 0 aliphatic carbocycles. The zero-order valence-electron chi connectivity index (χ0n) is 13.2. The van der Waals surface area contributed by atoms with Gasteiger partial charge in [0.15, 0.2) is 5.82 Å². The normalized spacial score (nSPS) is 10.2. The highest BCUT2D eigenvalue weighted by molar-refractivity contribution is 5.87. The fraction of sp³-hybridized carbons (Fsp3) is 0.333. The molecule has 0 radical (unpaired) electrons. The molecule has 1 aromatic heterocycles. The predicted molar refractivity (Wildman–Crippen MR) is 85.9 cm³/mol. The summed E-state index contributed by atoms with van der Waals surface area (Å²) in [5, 5.41) is 13.0. The Morgan fingerprint density at radius 1 is 1.22 bits per heavy atom. The molecule has 0 spiro atoms. The molecule has 2 N–H and O–H groups in total. The summed E-state index contributed by atoms with van der Waals surface area (Å²) >= 11 is 0. The van der Waals surface area contributed by atoms with Crippen molar-refractivity contribution in [2.75, 3.05) is 26.0 Å². The molecule has 3 amide bonds. The minimum absolute atomic E-state index is 0.0552. The van der Waals surface area contributed by atoms with Gasteiger partial charge in [-0.25, -0.2) is 9.48 Å². The molecule has 0 bridgehead atoms. The number of aromatic nitrogens is 3. The van der Waals surface area contributed by atoms with Gasteiger partial charge in [0.05, 0.1) is 6.20 Å². The molecule has 8 heteroatoms. The first-order valence-corrected chi connectivity index (χ1v) is 7.23. The van der Waals surface area contributed by atoms with Crippen LogP contribution in [-0.2, 0) is 17.8 Å². The van der Waals surface area contributed by atoms with Gasteiger partial charge < -0.3 is 10.2 Å². The van der Waals surface area contributed by atoms with Gasteiger partial charge in [0.2, 0.25) is 5.91 Å². The van der Waals surface area contributed by atoms with E-state index < -0.39 is 0 Å². The maximum atomic E-state index is 11.8. The second-order valence-electron chi connectivity index (χ2n) is 5.21. The zero-order valence-corrected chi connectivity index (χ0v) is 13.2. The van der Waals surface area contributed by atoms with Crippen molar-refractivity contribution < 1.29 is 9.59 Å². The first-order valence-electron chi connectivity index (χ1n) is 7.23. The number of carbonyl (C=O) groups is 2. The van der Waals surface area contributed by atoms with Crippen molar-refractivity contribution in [2.45, 2.75) is 13.0 Å². The Kier molecular flexibility index (Phi) is 5.67. The van der Waals surface area contributed by atoms with E-state index >= 15 is 0 Å². The Hall–Kier alpha value is -2.90. The average molecular weight is 316 g/mol. The summed E-state index contributed by atoms with van der Waals surface area (Å²) in [5.41, 5.74) is 1.17. The monoisotopic (exact) mass is 316 g/mol. The van der Waals surface area contributed by atoms with Gasteiger partial charge in [-0.15, -0.1) is 5.10 Å². The molecule has 8 nitrogen and oxygen atoms in total. The molecular formula is C15H20N6O2. The van der Waals surface area contributed by atoms with Crippen LogP contribution in [0.25, 0.3) is 0 Å². The van der Waals surface area contributed by atoms with Crippen LogP contribution in [0.4, 0.5) is 10.6 Å². The number of hydrogen-bond donors (Lipinski definition) is 2. The molecule has 0 atom stereocenters. The third-order valence-corrected chi connectivity index (χ3v) is 3.06. The SMILES string of the molecule is CN(C)C(=O)Nc1cn(CC(=O)NCCc2ccccc2)nn1. The van der Waals surface area contributed by atoms with Crippen molar-refractivity contribution in [1.29, 1.82) is 0 Å². The Bertz CT molecular complexity index is 653. The van der Waals surface area contributed by atoms with Gasteiger partial charge in [-0.3, -0.25) is 10.1 Å². The fourth-order valence-electron chi connectivity index (χ4n) is 1.85. The number of hydrogen-bond acceptors (Lipinski definition) is 4. The van der Waals surface area contributed by atoms with E-state index in [4.69, 9.17) is 0 Å². The third-order valence-electron chi connectivity index (χ3n) is 3.06. The molecule has 0 fully saturated rings. The standard InChI is InChI=1S/C15H20N6O2/c1-20(2)15(23)17-13-10-21(19-18-13)11-14(22)16-9-8-12-6-4-3-5-7-12/h3-7,10H,8-9,11H2,1-2H3,(H,16,22)(H,17,23). The highest BCUT2D eigenvalue weighted by Gasteiger charge is 2.09. The summed E-state index contributed by atoms with van der Waals surface area (Å²) in [5.74, 6) is 0.150. The van der Waals surface area contributed by atoms with Crippen LogP contribution in [0.5, 0.6) is 0 Å². The van der Waals surface area contributed by atoms with Crippen LogP contribution in [0.3, 0.4) is 0 Å². The summed E-state index contributed by atoms with van der Waals surface area (Å²) in [7, 11) is 3.25. The van der Waals surface area contributed by atoms with Crippen LogP contribution in [0.1, 0.15) is 5.56 Å². The lowest BCUT2D eigenvalue weighted by Gasteiger charge is -2.09. The summed E-state index contributed by atoms with van der Waals surface area (Å²) in [4.78, 5) is 24.7. The smallest absolute Gasteiger partial charge is 0.322 e.